The number of rotatable bonds is 8. The first-order valence-electron chi connectivity index (χ1n) is 10.4. The van der Waals surface area contributed by atoms with E-state index in [1.54, 1.807) is 6.92 Å². The highest BCUT2D eigenvalue weighted by Gasteiger charge is 2.22. The molecule has 0 radical (unpaired) electrons. The van der Waals surface area contributed by atoms with E-state index in [-0.39, 0.29) is 27.1 Å². The van der Waals surface area contributed by atoms with Crippen LogP contribution in [0.2, 0.25) is 5.02 Å². The summed E-state index contributed by atoms with van der Waals surface area (Å²) in [6, 6.07) is 1.82. The van der Waals surface area contributed by atoms with Crippen molar-refractivity contribution >= 4 is 62.6 Å². The first-order chi connectivity index (χ1) is 16.3. The maximum atomic E-state index is 13.1. The number of halogens is 3. The molecule has 0 aromatic carbocycles. The first-order valence-corrected chi connectivity index (χ1v) is 12.4. The van der Waals surface area contributed by atoms with Gasteiger partial charge in [-0.25, -0.2) is 23.7 Å². The number of aliphatic hydroxyl groups excluding tert-OH is 1. The Kier molecular flexibility index (Phi) is 7.88. The van der Waals surface area contributed by atoms with Gasteiger partial charge >= 0.3 is 0 Å². The van der Waals surface area contributed by atoms with E-state index in [4.69, 9.17) is 16.7 Å². The quantitative estimate of drug-likeness (QED) is 0.402. The Labute approximate surface area is 207 Å². The second-order valence-electron chi connectivity index (χ2n) is 7.44. The maximum absolute atomic E-state index is 13.1. The predicted octanol–water partition coefficient (Wildman–Crippen LogP) is 4.00. The van der Waals surface area contributed by atoms with Crippen molar-refractivity contribution < 1.29 is 18.7 Å². The van der Waals surface area contributed by atoms with E-state index in [0.29, 0.717) is 23.3 Å². The van der Waals surface area contributed by atoms with Gasteiger partial charge in [0.2, 0.25) is 0 Å². The van der Waals surface area contributed by atoms with Crippen molar-refractivity contribution in [3.63, 3.8) is 0 Å². The third-order valence-corrected chi connectivity index (χ3v) is 7.44. The number of nitrogens with zero attached hydrogens (tertiary/aromatic N) is 5. The lowest BCUT2D eigenvalue weighted by atomic mass is 10.3. The largest absolute Gasteiger partial charge is 0.395 e. The van der Waals surface area contributed by atoms with Crippen molar-refractivity contribution in [2.75, 3.05) is 54.9 Å². The molecule has 3 aromatic rings. The van der Waals surface area contributed by atoms with Crippen LogP contribution in [0.1, 0.15) is 26.8 Å². The van der Waals surface area contributed by atoms with Crippen LogP contribution >= 0.6 is 34.3 Å². The molecule has 0 aliphatic carbocycles. The average molecular weight is 530 g/mol. The molecular weight excluding hydrogens is 508 g/mol. The number of β-amino-alcohol motifs (C(OH)–C–C–N with tert-alkyl or cyclic N) is 1. The molecule has 1 aliphatic heterocycles. The van der Waals surface area contributed by atoms with Gasteiger partial charge in [0, 0.05) is 44.2 Å². The van der Waals surface area contributed by atoms with Crippen molar-refractivity contribution in [1.82, 2.24) is 19.9 Å². The Balaban J connectivity index is 1.43. The smallest absolute Gasteiger partial charge is 0.274 e. The lowest BCUT2D eigenvalue weighted by Gasteiger charge is -2.35. The predicted molar refractivity (Wildman–Crippen MR) is 130 cm³/mol. The second kappa shape index (κ2) is 10.9. The molecule has 9 nitrogen and oxygen atoms in total. The van der Waals surface area contributed by atoms with Gasteiger partial charge < -0.3 is 20.6 Å². The lowest BCUT2D eigenvalue weighted by Crippen LogP contribution is -2.47. The molecule has 3 N–H and O–H groups in total. The Morgan fingerprint density at radius 3 is 2.76 bits per heavy atom. The van der Waals surface area contributed by atoms with Crippen molar-refractivity contribution in [3.05, 3.63) is 38.2 Å². The zero-order valence-corrected chi connectivity index (χ0v) is 20.5. The number of alkyl halides is 2. The zero-order valence-electron chi connectivity index (χ0n) is 18.1. The number of carbonyl (C=O) groups is 1. The van der Waals surface area contributed by atoms with E-state index in [0.717, 1.165) is 54.7 Å². The Morgan fingerprint density at radius 1 is 1.29 bits per heavy atom. The van der Waals surface area contributed by atoms with Crippen LogP contribution in [0.25, 0.3) is 0 Å². The molecule has 1 fully saturated rings. The van der Waals surface area contributed by atoms with Crippen LogP contribution in [-0.4, -0.2) is 70.2 Å². The minimum absolute atomic E-state index is 0.0673. The normalized spacial score (nSPS) is 14.6. The third-order valence-electron chi connectivity index (χ3n) is 5.11. The van der Waals surface area contributed by atoms with Crippen LogP contribution in [0, 0.1) is 6.92 Å². The highest BCUT2D eigenvalue weighted by molar-refractivity contribution is 7.17. The summed E-state index contributed by atoms with van der Waals surface area (Å²) in [6.07, 6.45) is -1.38. The zero-order chi connectivity index (χ0) is 24.2. The molecule has 34 heavy (non-hydrogen) atoms. The number of thiophene rings is 1. The van der Waals surface area contributed by atoms with Crippen LogP contribution < -0.4 is 15.5 Å². The van der Waals surface area contributed by atoms with E-state index in [2.05, 4.69) is 35.4 Å². The number of aliphatic hydroxyl groups is 1. The van der Waals surface area contributed by atoms with Crippen LogP contribution in [-0.2, 0) is 0 Å². The summed E-state index contributed by atoms with van der Waals surface area (Å²) in [5.74, 6) is 1.31. The molecule has 4 rings (SSSR count). The summed E-state index contributed by atoms with van der Waals surface area (Å²) < 4.78 is 26.3. The molecule has 3 aromatic heterocycles. The minimum atomic E-state index is -2.74. The van der Waals surface area contributed by atoms with Gasteiger partial charge in [0.15, 0.2) is 5.13 Å². The Morgan fingerprint density at radius 2 is 2.06 bits per heavy atom. The van der Waals surface area contributed by atoms with Crippen LogP contribution in [0.5, 0.6) is 0 Å². The van der Waals surface area contributed by atoms with Gasteiger partial charge in [0.25, 0.3) is 12.3 Å². The molecule has 0 spiro atoms. The fourth-order valence-corrected chi connectivity index (χ4v) is 5.26. The van der Waals surface area contributed by atoms with Crippen LogP contribution in [0.15, 0.2) is 17.6 Å². The number of aryl methyl sites for hydroxylation is 1. The van der Waals surface area contributed by atoms with Gasteiger partial charge in [-0.1, -0.05) is 22.9 Å². The van der Waals surface area contributed by atoms with E-state index >= 15 is 0 Å². The van der Waals surface area contributed by atoms with Gasteiger partial charge in [-0.2, -0.15) is 0 Å². The highest BCUT2D eigenvalue weighted by atomic mass is 35.5. The van der Waals surface area contributed by atoms with Gasteiger partial charge in [0.05, 0.1) is 28.4 Å². The fraction of sp³-hybridized carbons (Fsp3) is 0.400. The first kappa shape index (κ1) is 24.7. The van der Waals surface area contributed by atoms with Crippen molar-refractivity contribution in [1.29, 1.82) is 0 Å². The van der Waals surface area contributed by atoms with Crippen molar-refractivity contribution in [3.8, 4) is 0 Å². The number of aromatic nitrogens is 3. The fourth-order valence-electron chi connectivity index (χ4n) is 3.47. The Bertz CT molecular complexity index is 1150. The second-order valence-corrected chi connectivity index (χ2v) is 9.79. The topological polar surface area (TPSA) is 107 Å². The molecule has 14 heteroatoms. The van der Waals surface area contributed by atoms with E-state index in [1.807, 2.05) is 6.07 Å². The molecular formula is C20H22ClF2N7O2S2. The average Bonchev–Trinajstić information content (AvgIpc) is 3.41. The summed E-state index contributed by atoms with van der Waals surface area (Å²) in [4.78, 5) is 30.0. The molecule has 1 saturated heterocycles. The molecule has 1 amide bonds. The third kappa shape index (κ3) is 5.78. The molecule has 0 bridgehead atoms. The number of carbonyl (C=O) groups excluding carboxylic acids is 1. The van der Waals surface area contributed by atoms with E-state index in [9.17, 15) is 13.6 Å². The number of amides is 1. The van der Waals surface area contributed by atoms with Crippen molar-refractivity contribution in [2.45, 2.75) is 13.3 Å². The summed E-state index contributed by atoms with van der Waals surface area (Å²) in [7, 11) is 0. The number of piperazine rings is 1. The number of nitrogens with one attached hydrogen (secondary N) is 2. The van der Waals surface area contributed by atoms with Gasteiger partial charge in [-0.15, -0.1) is 11.3 Å². The molecule has 1 aliphatic rings. The molecule has 0 saturated carbocycles. The van der Waals surface area contributed by atoms with Gasteiger partial charge in [-0.3, -0.25) is 9.69 Å². The van der Waals surface area contributed by atoms with Gasteiger partial charge in [0.1, 0.15) is 22.3 Å². The summed E-state index contributed by atoms with van der Waals surface area (Å²) >= 11 is 7.81. The van der Waals surface area contributed by atoms with Crippen LogP contribution in [0.4, 0.5) is 31.2 Å². The number of anilines is 4. The standard InChI is InChI=1S/C20H22ClF2N7O2S2/c1-11-25-14(8-15(26-11)30-4-2-29(3-5-30)6-7-31)27-20-24-9-13(34-20)19(32)28-16-12(21)10-33-17(16)18(22)23/h8-10,18,31H,2-7H2,1H3,(H,28,32)(H,24,25,26,27). The van der Waals surface area contributed by atoms with Gasteiger partial charge in [-0.05, 0) is 6.92 Å². The van der Waals surface area contributed by atoms with E-state index < -0.39 is 12.3 Å². The highest BCUT2D eigenvalue weighted by Crippen LogP contribution is 2.39. The SMILES string of the molecule is Cc1nc(Nc2ncc(C(=O)Nc3c(Cl)csc3C(F)F)s2)cc(N2CCN(CCO)CC2)n1. The number of hydrogen-bond acceptors (Lipinski definition) is 10. The molecule has 0 unspecified atom stereocenters. The van der Waals surface area contributed by atoms with Crippen LogP contribution in [0.3, 0.4) is 0 Å². The lowest BCUT2D eigenvalue weighted by molar-refractivity contribution is 0.103. The van der Waals surface area contributed by atoms with Crippen molar-refractivity contribution in [2.24, 2.45) is 0 Å². The number of thiazole rings is 1. The summed E-state index contributed by atoms with van der Waals surface area (Å²) in [5, 5.41) is 16.5. The Hall–Kier alpha value is -2.45. The number of hydrogen-bond donors (Lipinski definition) is 3. The molecule has 4 heterocycles. The van der Waals surface area contributed by atoms with E-state index in [1.165, 1.54) is 11.6 Å². The minimum Gasteiger partial charge on any atom is -0.395 e. The molecule has 182 valence electrons. The maximum Gasteiger partial charge on any atom is 0.274 e. The summed E-state index contributed by atoms with van der Waals surface area (Å²) in [5.41, 5.74) is -0.0790. The monoisotopic (exact) mass is 529 g/mol. The molecule has 0 atom stereocenters. The summed E-state index contributed by atoms with van der Waals surface area (Å²) in [6.45, 7) is 5.82.